The number of halogens is 2. The molecule has 4 aliphatic heterocycles. The van der Waals surface area contributed by atoms with Gasteiger partial charge in [0.25, 0.3) is 0 Å². The Labute approximate surface area is 518 Å². The van der Waals surface area contributed by atoms with Crippen LogP contribution in [-0.4, -0.2) is 134 Å². The van der Waals surface area contributed by atoms with Crippen LogP contribution in [0.4, 0.5) is 20.4 Å². The zero-order chi connectivity index (χ0) is 61.7. The van der Waals surface area contributed by atoms with E-state index >= 15 is 8.78 Å². The number of ether oxygens (including phenoxy) is 1. The number of nitrogens with one attached hydrogen (secondary N) is 4. The van der Waals surface area contributed by atoms with Crippen molar-refractivity contribution in [2.24, 2.45) is 0 Å². The van der Waals surface area contributed by atoms with E-state index in [9.17, 15) is 28.8 Å². The van der Waals surface area contributed by atoms with Gasteiger partial charge in [-0.25, -0.2) is 28.5 Å². The smallest absolute Gasteiger partial charge is 0.340 e. The number of methoxy groups -OCH3 is 1. The third-order valence-electron chi connectivity index (χ3n) is 17.0. The number of thiazole rings is 1. The zero-order valence-corrected chi connectivity index (χ0v) is 51.6. The molecule has 3 aromatic carbocycles. The zero-order valence-electron chi connectivity index (χ0n) is 49.9. The number of hydrogen-bond acceptors (Lipinski definition) is 16. The van der Waals surface area contributed by atoms with Crippen LogP contribution in [0.1, 0.15) is 139 Å². The summed E-state index contributed by atoms with van der Waals surface area (Å²) >= 11 is 2.97. The summed E-state index contributed by atoms with van der Waals surface area (Å²) < 4.78 is 41.3. The number of carbonyl (C=O) groups is 6. The number of unbranched alkanes of at least 4 members (excludes halogenated alkanes) is 8. The fourth-order valence-electron chi connectivity index (χ4n) is 12.2. The lowest BCUT2D eigenvalue weighted by atomic mass is 9.88. The third kappa shape index (κ3) is 14.6. The first-order valence-corrected chi connectivity index (χ1v) is 32.5. The van der Waals surface area contributed by atoms with E-state index in [-0.39, 0.29) is 78.4 Å². The largest absolute Gasteiger partial charge is 0.468 e. The van der Waals surface area contributed by atoms with Crippen molar-refractivity contribution in [3.63, 3.8) is 0 Å². The van der Waals surface area contributed by atoms with E-state index in [1.54, 1.807) is 52.2 Å². The van der Waals surface area contributed by atoms with Crippen molar-refractivity contribution in [3.05, 3.63) is 89.3 Å². The normalized spacial score (nSPS) is 16.4. The van der Waals surface area contributed by atoms with E-state index in [1.165, 1.54) is 36.5 Å². The molecule has 0 saturated carbocycles. The maximum atomic E-state index is 16.2. The van der Waals surface area contributed by atoms with Crippen LogP contribution in [0.3, 0.4) is 0 Å². The second-order valence-corrected chi connectivity index (χ2v) is 24.9. The maximum Gasteiger partial charge on any atom is 0.340 e. The van der Waals surface area contributed by atoms with Gasteiger partial charge in [-0.05, 0) is 74.1 Å². The molecule has 4 bridgehead atoms. The maximum absolute atomic E-state index is 16.2. The fourth-order valence-corrected chi connectivity index (χ4v) is 14.1. The Balaban J connectivity index is 0.630. The number of hydrogen-bond donors (Lipinski definition) is 5. The molecule has 21 nitrogen and oxygen atoms in total. The van der Waals surface area contributed by atoms with E-state index in [0.29, 0.717) is 113 Å². The Morgan fingerprint density at radius 3 is 2.25 bits per heavy atom. The van der Waals surface area contributed by atoms with Crippen LogP contribution in [-0.2, 0) is 40.0 Å². The Morgan fingerprint density at radius 1 is 0.773 bits per heavy atom. The highest BCUT2D eigenvalue weighted by Gasteiger charge is 2.46. The van der Waals surface area contributed by atoms with Gasteiger partial charge in [0.2, 0.25) is 29.6 Å². The predicted octanol–water partition coefficient (Wildman–Crippen LogP) is 9.43. The first-order valence-electron chi connectivity index (χ1n) is 30.7. The number of aromatic nitrogens is 7. The lowest BCUT2D eigenvalue weighted by Crippen LogP contribution is -2.65. The number of benzene rings is 3. The summed E-state index contributed by atoms with van der Waals surface area (Å²) in [6, 6.07) is 15.6. The van der Waals surface area contributed by atoms with Crippen molar-refractivity contribution in [2.45, 2.75) is 134 Å². The van der Waals surface area contributed by atoms with E-state index in [1.807, 2.05) is 23.1 Å². The highest BCUT2D eigenvalue weighted by molar-refractivity contribution is 8.00. The van der Waals surface area contributed by atoms with E-state index in [2.05, 4.69) is 42.3 Å². The van der Waals surface area contributed by atoms with E-state index in [0.717, 1.165) is 92.7 Å². The average Bonchev–Trinajstić information content (AvgIpc) is 1.58. The number of nitrogens with two attached hydrogens (primary N) is 1. The molecule has 6 N–H and O–H groups in total. The number of esters is 1. The summed E-state index contributed by atoms with van der Waals surface area (Å²) in [5.41, 5.74) is 10.7. The summed E-state index contributed by atoms with van der Waals surface area (Å²) in [5, 5.41) is 19.8. The number of fused-ring (bicyclic) bond motifs is 2. The molecule has 2 saturated heterocycles. The number of anilines is 2. The van der Waals surface area contributed by atoms with Gasteiger partial charge in [0.15, 0.2) is 5.82 Å². The summed E-state index contributed by atoms with van der Waals surface area (Å²) in [5.74, 6) is -1.74. The van der Waals surface area contributed by atoms with Gasteiger partial charge in [-0.2, -0.15) is 5.10 Å². The molecule has 0 atom stereocenters. The highest BCUT2D eigenvalue weighted by atomic mass is 32.2. The summed E-state index contributed by atoms with van der Waals surface area (Å²) in [4.78, 5) is 96.0. The standard InChI is InChI=1S/C63H76F2N14O7S2/c1-3-33-87-75-47-17-13-16-44(58(47)65)60-61(48-22-28-68-63(66)72-48)88-62(73-60)41-23-29-76(30-24-41)54(83)19-11-9-7-5-4-6-8-10-12-27-67-51(80)20-21-55(84)79-31-25-40(26-32-79)59-57-43(45-35-50-42(34-46(45)64)36-71-78(50)79)15-14-18-49(57)77(74-59)39-53(82)69-37-52(81)70-38-56(85)86-2/h13-18,22,28,34-36,40-41,75H,3-12,19-21,23-27,29-33,37-39H2,1-2H3,(H4-,66,67,68,69,70,72,80,81,82)/p+1. The molecule has 0 spiro atoms. The lowest BCUT2D eigenvalue weighted by Gasteiger charge is -2.39. The summed E-state index contributed by atoms with van der Waals surface area (Å²) in [6.45, 7) is 3.69. The Morgan fingerprint density at radius 2 is 1.50 bits per heavy atom. The molecule has 8 heterocycles. The molecule has 2 fully saturated rings. The molecular formula is C63H77F2N14O7S2+. The van der Waals surface area contributed by atoms with Crippen molar-refractivity contribution in [1.29, 1.82) is 0 Å². The Hall–Kier alpha value is -7.90. The van der Waals surface area contributed by atoms with Crippen molar-refractivity contribution in [1.82, 2.24) is 60.1 Å². The molecular weight excluding hydrogens is 1170 g/mol. The fraction of sp³-hybridized carbons (Fsp3) is 0.476. The molecule has 7 aromatic rings. The molecule has 0 aliphatic carbocycles. The molecule has 11 rings (SSSR count). The van der Waals surface area contributed by atoms with Crippen molar-refractivity contribution in [3.8, 4) is 33.0 Å². The molecule has 5 amide bonds. The van der Waals surface area contributed by atoms with Gasteiger partial charge in [-0.3, -0.25) is 28.7 Å². The number of quaternary nitrogens is 1. The lowest BCUT2D eigenvalue weighted by molar-refractivity contribution is -0.142. The number of nitrogen functional groups attached to an aromatic ring is 1. The minimum atomic E-state index is -0.623. The number of carbonyl (C=O) groups excluding carboxylic acids is 6. The SMILES string of the molecule is CCCSNc1cccc(-c2nc(C3CCN(C(=O)CCCCCCCCCCCNC(=O)CCC(=O)[N+]45CCC(CC4)c4nn(CC(=O)NCC(=O)NCC(=O)OC)c6cccc(c46)-c4cc6c(cnn65)cc4F)CC3)sc2-c2ccnc(N)n2)c1F. The van der Waals surface area contributed by atoms with Crippen molar-refractivity contribution in [2.75, 3.05) is 69.1 Å². The van der Waals surface area contributed by atoms with Gasteiger partial charge in [-0.15, -0.1) is 21.0 Å². The average molecular weight is 1240 g/mol. The van der Waals surface area contributed by atoms with Gasteiger partial charge in [0.05, 0.1) is 64.4 Å². The second kappa shape index (κ2) is 29.4. The van der Waals surface area contributed by atoms with Gasteiger partial charge >= 0.3 is 11.9 Å². The van der Waals surface area contributed by atoms with Crippen LogP contribution >= 0.6 is 23.3 Å². The number of likely N-dealkylation sites (tertiary alicyclic amines) is 1. The number of nitrogens with zero attached hydrogens (tertiary/aromatic N) is 9. The molecule has 88 heavy (non-hydrogen) atoms. The van der Waals surface area contributed by atoms with Crippen LogP contribution in [0.15, 0.2) is 67.0 Å². The molecule has 25 heteroatoms. The monoisotopic (exact) mass is 1240 g/mol. The molecule has 466 valence electrons. The van der Waals surface area contributed by atoms with Crippen LogP contribution < -0.4 is 31.0 Å². The minimum Gasteiger partial charge on any atom is -0.468 e. The molecule has 0 unspecified atom stereocenters. The van der Waals surface area contributed by atoms with Gasteiger partial charge in [-0.1, -0.05) is 86.8 Å². The molecule has 0 radical (unpaired) electrons. The third-order valence-corrected chi connectivity index (χ3v) is 19.2. The van der Waals surface area contributed by atoms with Crippen LogP contribution in [0.5, 0.6) is 0 Å². The highest BCUT2D eigenvalue weighted by Crippen LogP contribution is 2.45. The number of rotatable bonds is 28. The Kier molecular flexibility index (Phi) is 21.1. The van der Waals surface area contributed by atoms with Crippen LogP contribution in [0.2, 0.25) is 0 Å². The van der Waals surface area contributed by atoms with E-state index in [4.69, 9.17) is 20.9 Å². The molecule has 4 aliphatic rings. The van der Waals surface area contributed by atoms with Crippen LogP contribution in [0, 0.1) is 11.6 Å². The van der Waals surface area contributed by atoms with Crippen molar-refractivity contribution >= 4 is 92.2 Å². The second-order valence-electron chi connectivity index (χ2n) is 22.9. The topological polar surface area (TPSA) is 263 Å². The number of piperidine rings is 2. The van der Waals surface area contributed by atoms with Crippen molar-refractivity contribution < 1.29 is 42.3 Å². The predicted molar refractivity (Wildman–Crippen MR) is 337 cm³/mol. The van der Waals surface area contributed by atoms with Crippen LogP contribution in [0.25, 0.3) is 54.8 Å². The quantitative estimate of drug-likeness (QED) is 0.0132. The minimum absolute atomic E-state index is 0.00823. The summed E-state index contributed by atoms with van der Waals surface area (Å²) in [7, 11) is 1.21. The first-order chi connectivity index (χ1) is 42.7. The number of amides is 5. The van der Waals surface area contributed by atoms with Gasteiger partial charge < -0.3 is 36.0 Å². The molecule has 4 aromatic heterocycles. The van der Waals surface area contributed by atoms with Gasteiger partial charge in [0, 0.05) is 91.0 Å². The summed E-state index contributed by atoms with van der Waals surface area (Å²) in [6.07, 6.45) is 16.4. The first kappa shape index (κ1) is 63.1. The Bertz CT molecular complexity index is 3670. The van der Waals surface area contributed by atoms with Gasteiger partial charge in [0.1, 0.15) is 37.5 Å². The van der Waals surface area contributed by atoms with E-state index < -0.39 is 23.6 Å².